The quantitative estimate of drug-likeness (QED) is 0.831. The molecule has 1 aliphatic heterocycles. The highest BCUT2D eigenvalue weighted by Gasteiger charge is 2.42. The second-order valence-corrected chi connectivity index (χ2v) is 6.55. The van der Waals surface area contributed by atoms with Crippen LogP contribution in [0.5, 0.6) is 0 Å². The van der Waals surface area contributed by atoms with Gasteiger partial charge < -0.3 is 10.2 Å². The Balaban J connectivity index is 1.66. The smallest absolute Gasteiger partial charge is 0.226 e. The topological polar surface area (TPSA) is 32.3 Å². The van der Waals surface area contributed by atoms with Crippen molar-refractivity contribution < 1.29 is 4.79 Å². The molecule has 2 saturated carbocycles. The Hall–Kier alpha value is -0.570. The second kappa shape index (κ2) is 5.20. The standard InChI is InChI=1S/C15H26N2O/c1-11-10-17(9-8-16-11)15(18)14(12-4-2-5-12)13-6-3-7-13/h11-14,16H,2-10H2,1H3/t11-/m1/s1. The fourth-order valence-corrected chi connectivity index (χ4v) is 3.73. The van der Waals surface area contributed by atoms with Crippen molar-refractivity contribution in [2.45, 2.75) is 51.5 Å². The van der Waals surface area contributed by atoms with Gasteiger partial charge in [0.2, 0.25) is 5.91 Å². The van der Waals surface area contributed by atoms with Gasteiger partial charge in [-0.3, -0.25) is 4.79 Å². The molecule has 0 radical (unpaired) electrons. The molecule has 3 rings (SSSR count). The van der Waals surface area contributed by atoms with Crippen molar-refractivity contribution in [1.82, 2.24) is 10.2 Å². The van der Waals surface area contributed by atoms with Gasteiger partial charge in [0, 0.05) is 31.6 Å². The molecule has 1 N–H and O–H groups in total. The summed E-state index contributed by atoms with van der Waals surface area (Å²) in [5.41, 5.74) is 0. The molecule has 3 heteroatoms. The largest absolute Gasteiger partial charge is 0.340 e. The van der Waals surface area contributed by atoms with Gasteiger partial charge in [0.1, 0.15) is 0 Å². The third-order valence-corrected chi connectivity index (χ3v) is 5.28. The first-order valence-corrected chi connectivity index (χ1v) is 7.78. The minimum absolute atomic E-state index is 0.373. The molecule has 0 unspecified atom stereocenters. The van der Waals surface area contributed by atoms with Crippen molar-refractivity contribution in [2.24, 2.45) is 17.8 Å². The number of nitrogens with one attached hydrogen (secondary N) is 1. The number of hydrogen-bond acceptors (Lipinski definition) is 2. The summed E-state index contributed by atoms with van der Waals surface area (Å²) in [6.45, 7) is 4.98. The summed E-state index contributed by atoms with van der Waals surface area (Å²) >= 11 is 0. The van der Waals surface area contributed by atoms with Crippen LogP contribution in [0.15, 0.2) is 0 Å². The van der Waals surface area contributed by atoms with E-state index >= 15 is 0 Å². The maximum Gasteiger partial charge on any atom is 0.226 e. The molecule has 3 nitrogen and oxygen atoms in total. The van der Waals surface area contributed by atoms with Crippen LogP contribution in [0.2, 0.25) is 0 Å². The van der Waals surface area contributed by atoms with Crippen molar-refractivity contribution in [3.63, 3.8) is 0 Å². The van der Waals surface area contributed by atoms with E-state index in [0.29, 0.717) is 29.7 Å². The van der Waals surface area contributed by atoms with Crippen molar-refractivity contribution in [2.75, 3.05) is 19.6 Å². The molecule has 3 fully saturated rings. The van der Waals surface area contributed by atoms with E-state index in [4.69, 9.17) is 0 Å². The van der Waals surface area contributed by atoms with Gasteiger partial charge in [-0.1, -0.05) is 12.8 Å². The summed E-state index contributed by atoms with van der Waals surface area (Å²) in [6, 6.07) is 0.464. The van der Waals surface area contributed by atoms with E-state index in [1.165, 1.54) is 38.5 Å². The Kier molecular flexibility index (Phi) is 3.60. The SMILES string of the molecule is C[C@@H]1CN(C(=O)C(C2CCC2)C2CCC2)CCN1. The number of hydrogen-bond donors (Lipinski definition) is 1. The number of carbonyl (C=O) groups excluding carboxylic acids is 1. The third kappa shape index (κ3) is 2.29. The highest BCUT2D eigenvalue weighted by molar-refractivity contribution is 5.80. The summed E-state index contributed by atoms with van der Waals surface area (Å²) in [4.78, 5) is 15.0. The molecule has 1 amide bonds. The van der Waals surface area contributed by atoms with Gasteiger partial charge in [0.25, 0.3) is 0 Å². The molecular formula is C15H26N2O. The van der Waals surface area contributed by atoms with E-state index in [1.807, 2.05) is 0 Å². The number of carbonyl (C=O) groups is 1. The number of amides is 1. The van der Waals surface area contributed by atoms with Crippen LogP contribution in [-0.4, -0.2) is 36.5 Å². The minimum Gasteiger partial charge on any atom is -0.340 e. The molecule has 0 aromatic rings. The average molecular weight is 250 g/mol. The maximum absolute atomic E-state index is 12.8. The van der Waals surface area contributed by atoms with E-state index in [1.54, 1.807) is 0 Å². The van der Waals surface area contributed by atoms with Crippen LogP contribution in [-0.2, 0) is 4.79 Å². The minimum atomic E-state index is 0.373. The molecule has 1 saturated heterocycles. The zero-order valence-corrected chi connectivity index (χ0v) is 11.5. The normalized spacial score (nSPS) is 30.1. The van der Waals surface area contributed by atoms with Gasteiger partial charge in [-0.05, 0) is 44.4 Å². The summed E-state index contributed by atoms with van der Waals surface area (Å²) in [5, 5.41) is 3.43. The highest BCUT2D eigenvalue weighted by Crippen LogP contribution is 2.45. The Morgan fingerprint density at radius 3 is 2.22 bits per heavy atom. The van der Waals surface area contributed by atoms with E-state index in [2.05, 4.69) is 17.1 Å². The van der Waals surface area contributed by atoms with Crippen LogP contribution in [0.4, 0.5) is 0 Å². The zero-order chi connectivity index (χ0) is 12.5. The molecule has 102 valence electrons. The molecule has 0 aromatic heterocycles. The Bertz CT molecular complexity index is 296. The van der Waals surface area contributed by atoms with Gasteiger partial charge in [0.05, 0.1) is 0 Å². The van der Waals surface area contributed by atoms with Gasteiger partial charge in [-0.15, -0.1) is 0 Å². The van der Waals surface area contributed by atoms with Crippen LogP contribution in [0.3, 0.4) is 0 Å². The summed E-state index contributed by atoms with van der Waals surface area (Å²) < 4.78 is 0. The molecule has 3 aliphatic rings. The molecule has 1 heterocycles. The lowest BCUT2D eigenvalue weighted by Gasteiger charge is -2.44. The number of rotatable bonds is 3. The zero-order valence-electron chi connectivity index (χ0n) is 11.5. The molecule has 0 spiro atoms. The predicted molar refractivity (Wildman–Crippen MR) is 72.2 cm³/mol. The van der Waals surface area contributed by atoms with Gasteiger partial charge in [-0.2, -0.15) is 0 Å². The lowest BCUT2D eigenvalue weighted by Crippen LogP contribution is -2.55. The van der Waals surface area contributed by atoms with Gasteiger partial charge in [0.15, 0.2) is 0 Å². The fourth-order valence-electron chi connectivity index (χ4n) is 3.73. The van der Waals surface area contributed by atoms with Gasteiger partial charge in [-0.25, -0.2) is 0 Å². The third-order valence-electron chi connectivity index (χ3n) is 5.28. The monoisotopic (exact) mass is 250 g/mol. The Morgan fingerprint density at radius 2 is 1.78 bits per heavy atom. The first kappa shape index (κ1) is 12.5. The van der Waals surface area contributed by atoms with Crippen molar-refractivity contribution in [3.05, 3.63) is 0 Å². The maximum atomic E-state index is 12.8. The van der Waals surface area contributed by atoms with Crippen molar-refractivity contribution in [1.29, 1.82) is 0 Å². The lowest BCUT2D eigenvalue weighted by molar-refractivity contribution is -0.144. The summed E-state index contributed by atoms with van der Waals surface area (Å²) in [7, 11) is 0. The molecule has 18 heavy (non-hydrogen) atoms. The molecule has 0 bridgehead atoms. The van der Waals surface area contributed by atoms with E-state index in [9.17, 15) is 4.79 Å². The number of nitrogens with zero attached hydrogens (tertiary/aromatic N) is 1. The van der Waals surface area contributed by atoms with Crippen molar-refractivity contribution >= 4 is 5.91 Å². The average Bonchev–Trinajstić information content (AvgIpc) is 2.22. The molecular weight excluding hydrogens is 224 g/mol. The molecule has 2 aliphatic carbocycles. The first-order valence-electron chi connectivity index (χ1n) is 7.78. The Morgan fingerprint density at radius 1 is 1.17 bits per heavy atom. The summed E-state index contributed by atoms with van der Waals surface area (Å²) in [5.74, 6) is 2.29. The first-order chi connectivity index (χ1) is 8.75. The number of piperazine rings is 1. The molecule has 1 atom stereocenters. The van der Waals surface area contributed by atoms with Crippen LogP contribution in [0, 0.1) is 17.8 Å². The predicted octanol–water partition coefficient (Wildman–Crippen LogP) is 2.02. The molecule has 0 aromatic carbocycles. The van der Waals surface area contributed by atoms with E-state index in [0.717, 1.165) is 19.6 Å². The Labute approximate surface area is 110 Å². The van der Waals surface area contributed by atoms with Crippen LogP contribution >= 0.6 is 0 Å². The van der Waals surface area contributed by atoms with Crippen LogP contribution < -0.4 is 5.32 Å². The van der Waals surface area contributed by atoms with E-state index < -0.39 is 0 Å². The van der Waals surface area contributed by atoms with Crippen molar-refractivity contribution in [3.8, 4) is 0 Å². The second-order valence-electron chi connectivity index (χ2n) is 6.55. The van der Waals surface area contributed by atoms with E-state index in [-0.39, 0.29) is 0 Å². The fraction of sp³-hybridized carbons (Fsp3) is 0.933. The van der Waals surface area contributed by atoms with Crippen LogP contribution in [0.1, 0.15) is 45.4 Å². The highest BCUT2D eigenvalue weighted by atomic mass is 16.2. The lowest BCUT2D eigenvalue weighted by atomic mass is 9.64. The van der Waals surface area contributed by atoms with Gasteiger partial charge >= 0.3 is 0 Å². The summed E-state index contributed by atoms with van der Waals surface area (Å²) in [6.07, 6.45) is 7.89. The van der Waals surface area contributed by atoms with Crippen LogP contribution in [0.25, 0.3) is 0 Å².